The van der Waals surface area contributed by atoms with Gasteiger partial charge in [0.25, 0.3) is 0 Å². The number of thioether (sulfide) groups is 1. The van der Waals surface area contributed by atoms with E-state index in [1.165, 1.54) is 11.8 Å². The summed E-state index contributed by atoms with van der Waals surface area (Å²) in [5.41, 5.74) is -0.299. The van der Waals surface area contributed by atoms with Crippen molar-refractivity contribution in [2.45, 2.75) is 31.2 Å². The van der Waals surface area contributed by atoms with Gasteiger partial charge in [0.05, 0.1) is 17.9 Å². The van der Waals surface area contributed by atoms with E-state index in [0.717, 1.165) is 25.7 Å². The van der Waals surface area contributed by atoms with Crippen LogP contribution in [0.2, 0.25) is 0 Å². The van der Waals surface area contributed by atoms with Gasteiger partial charge in [0.15, 0.2) is 0 Å². The molecule has 2 N–H and O–H groups in total. The minimum atomic E-state index is -0.299. The van der Waals surface area contributed by atoms with Gasteiger partial charge >= 0.3 is 0 Å². The number of carbonyl (C=O) groups excluding carboxylic acids is 1. The molecular formula is C9H17NO2S. The number of rotatable bonds is 4. The minimum Gasteiger partial charge on any atom is -0.394 e. The van der Waals surface area contributed by atoms with E-state index in [2.05, 4.69) is 5.32 Å². The third kappa shape index (κ3) is 2.88. The summed E-state index contributed by atoms with van der Waals surface area (Å²) in [6, 6.07) is 0. The average Bonchev–Trinajstić information content (AvgIpc) is 2.54. The molecule has 0 spiro atoms. The molecule has 0 aromatic rings. The van der Waals surface area contributed by atoms with Crippen molar-refractivity contribution in [3.05, 3.63) is 0 Å². The van der Waals surface area contributed by atoms with Crippen molar-refractivity contribution in [1.29, 1.82) is 0 Å². The lowest BCUT2D eigenvalue weighted by Crippen LogP contribution is -2.49. The minimum absolute atomic E-state index is 0.0449. The molecule has 0 aliphatic heterocycles. The standard InChI is InChI=1S/C9H17NO2S/c1-13-6-8(12)10-9(7-11)4-2-3-5-9/h11H,2-7H2,1H3,(H,10,12). The predicted octanol–water partition coefficient (Wildman–Crippen LogP) is 0.771. The lowest BCUT2D eigenvalue weighted by Gasteiger charge is -2.27. The van der Waals surface area contributed by atoms with Crippen LogP contribution >= 0.6 is 11.8 Å². The van der Waals surface area contributed by atoms with Crippen LogP contribution in [0.25, 0.3) is 0 Å². The number of hydrogen-bond donors (Lipinski definition) is 2. The summed E-state index contributed by atoms with van der Waals surface area (Å²) in [6.45, 7) is 0.0765. The van der Waals surface area contributed by atoms with Gasteiger partial charge in [-0.25, -0.2) is 0 Å². The summed E-state index contributed by atoms with van der Waals surface area (Å²) >= 11 is 1.51. The van der Waals surface area contributed by atoms with Gasteiger partial charge in [-0.05, 0) is 19.1 Å². The van der Waals surface area contributed by atoms with Crippen LogP contribution in [0, 0.1) is 0 Å². The monoisotopic (exact) mass is 203 g/mol. The third-order valence-electron chi connectivity index (χ3n) is 2.54. The predicted molar refractivity (Wildman–Crippen MR) is 54.8 cm³/mol. The topological polar surface area (TPSA) is 49.3 Å². The Hall–Kier alpha value is -0.220. The number of carbonyl (C=O) groups is 1. The molecular weight excluding hydrogens is 186 g/mol. The van der Waals surface area contributed by atoms with Crippen LogP contribution in [0.1, 0.15) is 25.7 Å². The summed E-state index contributed by atoms with van der Waals surface area (Å²) in [5.74, 6) is 0.533. The SMILES string of the molecule is CSCC(=O)NC1(CO)CCCC1. The first-order valence-corrected chi connectivity index (χ1v) is 6.03. The zero-order chi connectivity index (χ0) is 9.73. The number of aliphatic hydroxyl groups excluding tert-OH is 1. The molecule has 0 aromatic heterocycles. The van der Waals surface area contributed by atoms with Crippen molar-refractivity contribution in [3.63, 3.8) is 0 Å². The van der Waals surface area contributed by atoms with Crippen molar-refractivity contribution in [1.82, 2.24) is 5.32 Å². The highest BCUT2D eigenvalue weighted by Gasteiger charge is 2.34. The van der Waals surface area contributed by atoms with Crippen molar-refractivity contribution in [3.8, 4) is 0 Å². The molecule has 0 unspecified atom stereocenters. The van der Waals surface area contributed by atoms with Gasteiger partial charge in [0.2, 0.25) is 5.91 Å². The maximum Gasteiger partial charge on any atom is 0.230 e. The fourth-order valence-corrected chi connectivity index (χ4v) is 2.17. The molecule has 0 aromatic carbocycles. The average molecular weight is 203 g/mol. The molecule has 76 valence electrons. The van der Waals surface area contributed by atoms with Gasteiger partial charge in [0, 0.05) is 0 Å². The summed E-state index contributed by atoms with van der Waals surface area (Å²) in [4.78, 5) is 11.3. The highest BCUT2D eigenvalue weighted by atomic mass is 32.2. The van der Waals surface area contributed by atoms with Crippen LogP contribution in [-0.4, -0.2) is 35.2 Å². The molecule has 1 rings (SSSR count). The zero-order valence-corrected chi connectivity index (χ0v) is 8.82. The van der Waals surface area contributed by atoms with Crippen LogP contribution in [0.4, 0.5) is 0 Å². The number of amides is 1. The van der Waals surface area contributed by atoms with Crippen LogP contribution in [0.3, 0.4) is 0 Å². The molecule has 1 saturated carbocycles. The Morgan fingerprint density at radius 1 is 1.54 bits per heavy atom. The Labute approximate surface area is 83.3 Å². The van der Waals surface area contributed by atoms with Gasteiger partial charge in [-0.1, -0.05) is 12.8 Å². The molecule has 1 aliphatic rings. The van der Waals surface area contributed by atoms with E-state index in [-0.39, 0.29) is 18.1 Å². The van der Waals surface area contributed by atoms with E-state index in [1.54, 1.807) is 0 Å². The quantitative estimate of drug-likeness (QED) is 0.709. The van der Waals surface area contributed by atoms with Crippen molar-refractivity contribution in [2.24, 2.45) is 0 Å². The molecule has 1 aliphatic carbocycles. The maximum absolute atomic E-state index is 11.3. The highest BCUT2D eigenvalue weighted by molar-refractivity contribution is 7.99. The fourth-order valence-electron chi connectivity index (χ4n) is 1.84. The van der Waals surface area contributed by atoms with Crippen molar-refractivity contribution < 1.29 is 9.90 Å². The van der Waals surface area contributed by atoms with Crippen LogP contribution < -0.4 is 5.32 Å². The van der Waals surface area contributed by atoms with Crippen molar-refractivity contribution in [2.75, 3.05) is 18.6 Å². The second kappa shape index (κ2) is 4.86. The van der Waals surface area contributed by atoms with Crippen LogP contribution in [0.5, 0.6) is 0 Å². The Bertz CT molecular complexity index is 178. The molecule has 4 heteroatoms. The molecule has 13 heavy (non-hydrogen) atoms. The largest absolute Gasteiger partial charge is 0.394 e. The first kappa shape index (κ1) is 10.9. The third-order valence-corrected chi connectivity index (χ3v) is 3.09. The van der Waals surface area contributed by atoms with Gasteiger partial charge in [-0.3, -0.25) is 4.79 Å². The van der Waals surface area contributed by atoms with E-state index in [1.807, 2.05) is 6.26 Å². The zero-order valence-electron chi connectivity index (χ0n) is 8.01. The molecule has 0 heterocycles. The van der Waals surface area contributed by atoms with Gasteiger partial charge in [0.1, 0.15) is 0 Å². The van der Waals surface area contributed by atoms with Gasteiger partial charge in [-0.15, -0.1) is 0 Å². The summed E-state index contributed by atoms with van der Waals surface area (Å²) in [5, 5.41) is 12.1. The number of hydrogen-bond acceptors (Lipinski definition) is 3. The Kier molecular flexibility index (Phi) is 4.06. The molecule has 0 radical (unpaired) electrons. The lowest BCUT2D eigenvalue weighted by molar-refractivity contribution is -0.121. The number of aliphatic hydroxyl groups is 1. The first-order valence-electron chi connectivity index (χ1n) is 4.63. The van der Waals surface area contributed by atoms with E-state index in [4.69, 9.17) is 0 Å². The molecule has 0 atom stereocenters. The Morgan fingerprint density at radius 2 is 2.15 bits per heavy atom. The smallest absolute Gasteiger partial charge is 0.230 e. The van der Waals surface area contributed by atoms with Gasteiger partial charge in [-0.2, -0.15) is 11.8 Å². The molecule has 1 amide bonds. The normalized spacial score (nSPS) is 20.2. The lowest BCUT2D eigenvalue weighted by atomic mass is 9.99. The fraction of sp³-hybridized carbons (Fsp3) is 0.889. The molecule has 1 fully saturated rings. The summed E-state index contributed by atoms with van der Waals surface area (Å²) < 4.78 is 0. The van der Waals surface area contributed by atoms with Crippen LogP contribution in [0.15, 0.2) is 0 Å². The maximum atomic E-state index is 11.3. The number of nitrogens with one attached hydrogen (secondary N) is 1. The second-order valence-corrected chi connectivity index (χ2v) is 4.49. The first-order chi connectivity index (χ1) is 6.22. The van der Waals surface area contributed by atoms with E-state index >= 15 is 0 Å². The summed E-state index contributed by atoms with van der Waals surface area (Å²) in [7, 11) is 0. The van der Waals surface area contributed by atoms with Gasteiger partial charge < -0.3 is 10.4 Å². The molecule has 3 nitrogen and oxygen atoms in total. The highest BCUT2D eigenvalue weighted by Crippen LogP contribution is 2.28. The molecule has 0 bridgehead atoms. The second-order valence-electron chi connectivity index (χ2n) is 3.63. The van der Waals surface area contributed by atoms with Crippen LogP contribution in [-0.2, 0) is 4.79 Å². The van der Waals surface area contributed by atoms with Crippen molar-refractivity contribution >= 4 is 17.7 Å². The molecule has 0 saturated heterocycles. The Balaban J connectivity index is 2.43. The van der Waals surface area contributed by atoms with E-state index < -0.39 is 0 Å². The Morgan fingerprint density at radius 3 is 2.62 bits per heavy atom. The summed E-state index contributed by atoms with van der Waals surface area (Å²) in [6.07, 6.45) is 5.97. The van der Waals surface area contributed by atoms with E-state index in [9.17, 15) is 9.90 Å². The van der Waals surface area contributed by atoms with E-state index in [0.29, 0.717) is 5.75 Å².